The first kappa shape index (κ1) is 19.5. The van der Waals surface area contributed by atoms with E-state index >= 15 is 0 Å². The molecule has 6 rings (SSSR count). The Kier molecular flexibility index (Phi) is 4.04. The Balaban J connectivity index is 1.37. The van der Waals surface area contributed by atoms with Gasteiger partial charge in [0.05, 0.1) is 18.3 Å². The summed E-state index contributed by atoms with van der Waals surface area (Å²) in [6, 6.07) is 0. The molecule has 166 valence electrons. The predicted octanol–water partition coefficient (Wildman–Crippen LogP) is 3.21. The van der Waals surface area contributed by atoms with Crippen molar-refractivity contribution in [2.75, 3.05) is 6.61 Å². The Hall–Kier alpha value is -1.15. The van der Waals surface area contributed by atoms with Crippen molar-refractivity contribution in [3.05, 3.63) is 11.3 Å². The number of carbonyl (C=O) groups is 1. The quantitative estimate of drug-likeness (QED) is 0.557. The molecule has 30 heavy (non-hydrogen) atoms. The Bertz CT molecular complexity index is 793. The summed E-state index contributed by atoms with van der Waals surface area (Å²) in [5, 5.41) is 0. The Morgan fingerprint density at radius 1 is 0.900 bits per heavy atom. The number of rotatable bonds is 0. The van der Waals surface area contributed by atoms with Gasteiger partial charge in [0.25, 0.3) is 0 Å². The first-order chi connectivity index (χ1) is 14.2. The van der Waals surface area contributed by atoms with Crippen molar-refractivity contribution in [1.29, 1.82) is 0 Å². The second-order valence-electron chi connectivity index (χ2n) is 10.9. The summed E-state index contributed by atoms with van der Waals surface area (Å²) < 4.78 is 37.3. The van der Waals surface area contributed by atoms with Gasteiger partial charge in [-0.25, -0.2) is 4.79 Å². The highest BCUT2D eigenvalue weighted by molar-refractivity contribution is 5.91. The first-order valence-corrected chi connectivity index (χ1v) is 11.5. The highest BCUT2D eigenvalue weighted by Crippen LogP contribution is 2.55. The zero-order chi connectivity index (χ0) is 20.9. The van der Waals surface area contributed by atoms with Gasteiger partial charge in [0.15, 0.2) is 12.1 Å². The van der Waals surface area contributed by atoms with E-state index in [1.54, 1.807) is 0 Å². The zero-order valence-electron chi connectivity index (χ0n) is 18.3. The summed E-state index contributed by atoms with van der Waals surface area (Å²) in [5.41, 5.74) is -0.192. The maximum atomic E-state index is 13.4. The minimum atomic E-state index is -0.697. The largest absolute Gasteiger partial charge is 0.491 e. The van der Waals surface area contributed by atoms with E-state index in [1.165, 1.54) is 6.42 Å². The van der Waals surface area contributed by atoms with Gasteiger partial charge in [-0.2, -0.15) is 0 Å². The first-order valence-electron chi connectivity index (χ1n) is 11.5. The molecule has 0 radical (unpaired) electrons. The highest BCUT2D eigenvalue weighted by atomic mass is 16.8. The maximum absolute atomic E-state index is 13.4. The van der Waals surface area contributed by atoms with Crippen LogP contribution in [0.1, 0.15) is 66.2 Å². The molecular weight excluding hydrogens is 388 g/mol. The SMILES string of the molecule is CC1(C)O[C@H]2O[C@H]3[C@H](OC[C@H]4[C@@H]3C3=C(CC5(CCCCC5)OC3=O)OC4(C)C)[C@H]2O1. The lowest BCUT2D eigenvalue weighted by Crippen LogP contribution is -2.60. The third-order valence-electron chi connectivity index (χ3n) is 7.97. The fraction of sp³-hybridized carbons (Fsp3) is 0.870. The molecule has 6 aliphatic rings. The van der Waals surface area contributed by atoms with Crippen LogP contribution in [0.15, 0.2) is 11.3 Å². The van der Waals surface area contributed by atoms with Crippen LogP contribution < -0.4 is 0 Å². The minimum Gasteiger partial charge on any atom is -0.491 e. The van der Waals surface area contributed by atoms with Crippen LogP contribution in [0, 0.1) is 11.8 Å². The molecule has 0 N–H and O–H groups in total. The normalized spacial score (nSPS) is 45.1. The number of fused-ring (bicyclic) bond motifs is 6. The average molecular weight is 421 g/mol. The van der Waals surface area contributed by atoms with Gasteiger partial charge < -0.3 is 28.4 Å². The number of carbonyl (C=O) groups excluding carboxylic acids is 1. The van der Waals surface area contributed by atoms with Gasteiger partial charge in [-0.3, -0.25) is 0 Å². The second-order valence-corrected chi connectivity index (χ2v) is 10.9. The zero-order valence-corrected chi connectivity index (χ0v) is 18.3. The lowest BCUT2D eigenvalue weighted by Gasteiger charge is -2.53. The molecule has 1 saturated carbocycles. The van der Waals surface area contributed by atoms with Crippen molar-refractivity contribution in [3.63, 3.8) is 0 Å². The lowest BCUT2D eigenvalue weighted by molar-refractivity contribution is -0.252. The third-order valence-corrected chi connectivity index (χ3v) is 7.97. The van der Waals surface area contributed by atoms with Gasteiger partial charge in [0, 0.05) is 18.3 Å². The monoisotopic (exact) mass is 420 g/mol. The summed E-state index contributed by atoms with van der Waals surface area (Å²) in [6.07, 6.45) is 4.57. The van der Waals surface area contributed by atoms with Crippen molar-refractivity contribution >= 4 is 5.97 Å². The van der Waals surface area contributed by atoms with Crippen LogP contribution in [0.2, 0.25) is 0 Å². The van der Waals surface area contributed by atoms with E-state index in [1.807, 2.05) is 13.8 Å². The number of hydrogen-bond donors (Lipinski definition) is 0. The number of ether oxygens (including phenoxy) is 6. The molecule has 1 spiro atoms. The van der Waals surface area contributed by atoms with Gasteiger partial charge in [0.2, 0.25) is 0 Å². The molecule has 4 fully saturated rings. The highest BCUT2D eigenvalue weighted by Gasteiger charge is 2.65. The van der Waals surface area contributed by atoms with Crippen LogP contribution in [0.4, 0.5) is 0 Å². The van der Waals surface area contributed by atoms with E-state index < -0.39 is 23.3 Å². The van der Waals surface area contributed by atoms with Crippen LogP contribution in [0.5, 0.6) is 0 Å². The standard InChI is InChI=1S/C23H32O7/c1-21(2)12-11-25-17-16(26-20-18(17)28-22(3,4)30-20)14(12)15-13(27-21)10-23(29-19(15)24)8-6-5-7-9-23/h12,14,16-18,20H,5-11H2,1-4H3/t12-,14+,16+,17-,18+,20+/m0/s1. The van der Waals surface area contributed by atoms with Crippen molar-refractivity contribution in [1.82, 2.24) is 0 Å². The number of hydrogen-bond acceptors (Lipinski definition) is 7. The summed E-state index contributed by atoms with van der Waals surface area (Å²) in [4.78, 5) is 13.4. The topological polar surface area (TPSA) is 72.5 Å². The van der Waals surface area contributed by atoms with E-state index in [2.05, 4.69) is 13.8 Å². The number of esters is 1. The van der Waals surface area contributed by atoms with Crippen molar-refractivity contribution in [3.8, 4) is 0 Å². The molecule has 5 heterocycles. The fourth-order valence-corrected chi connectivity index (χ4v) is 6.60. The molecule has 0 bridgehead atoms. The van der Waals surface area contributed by atoms with Gasteiger partial charge in [-0.1, -0.05) is 6.42 Å². The van der Waals surface area contributed by atoms with Crippen LogP contribution in [0.3, 0.4) is 0 Å². The van der Waals surface area contributed by atoms with E-state index in [0.29, 0.717) is 18.6 Å². The Morgan fingerprint density at radius 2 is 1.67 bits per heavy atom. The second kappa shape index (κ2) is 6.21. The Labute approximate surface area is 177 Å². The molecule has 0 aromatic rings. The molecule has 7 nitrogen and oxygen atoms in total. The van der Waals surface area contributed by atoms with Gasteiger partial charge in [-0.05, 0) is 53.4 Å². The van der Waals surface area contributed by atoms with Crippen LogP contribution in [0.25, 0.3) is 0 Å². The maximum Gasteiger partial charge on any atom is 0.338 e. The van der Waals surface area contributed by atoms with E-state index in [4.69, 9.17) is 28.4 Å². The smallest absolute Gasteiger partial charge is 0.338 e. The molecule has 5 aliphatic heterocycles. The molecule has 1 aliphatic carbocycles. The average Bonchev–Trinajstić information content (AvgIpc) is 3.13. The molecule has 6 atom stereocenters. The van der Waals surface area contributed by atoms with Gasteiger partial charge in [-0.15, -0.1) is 0 Å². The molecule has 0 aromatic heterocycles. The van der Waals surface area contributed by atoms with Crippen molar-refractivity contribution < 1.29 is 33.2 Å². The molecule has 0 unspecified atom stereocenters. The fourth-order valence-electron chi connectivity index (χ4n) is 6.60. The lowest BCUT2D eigenvalue weighted by atomic mass is 9.67. The summed E-state index contributed by atoms with van der Waals surface area (Å²) >= 11 is 0. The van der Waals surface area contributed by atoms with Crippen molar-refractivity contribution in [2.24, 2.45) is 11.8 Å². The van der Waals surface area contributed by atoms with E-state index in [9.17, 15) is 4.79 Å². The molecule has 0 amide bonds. The van der Waals surface area contributed by atoms with E-state index in [0.717, 1.165) is 31.4 Å². The molecule has 3 saturated heterocycles. The minimum absolute atomic E-state index is 0.00251. The van der Waals surface area contributed by atoms with Crippen LogP contribution >= 0.6 is 0 Å². The summed E-state index contributed by atoms with van der Waals surface area (Å²) in [7, 11) is 0. The van der Waals surface area contributed by atoms with Crippen LogP contribution in [-0.2, 0) is 33.2 Å². The molecule has 0 aromatic carbocycles. The van der Waals surface area contributed by atoms with Crippen LogP contribution in [-0.4, -0.2) is 54.2 Å². The van der Waals surface area contributed by atoms with E-state index in [-0.39, 0.29) is 36.1 Å². The Morgan fingerprint density at radius 3 is 2.43 bits per heavy atom. The molecule has 7 heteroatoms. The third kappa shape index (κ3) is 2.74. The predicted molar refractivity (Wildman–Crippen MR) is 104 cm³/mol. The van der Waals surface area contributed by atoms with Gasteiger partial charge in [0.1, 0.15) is 29.2 Å². The molecular formula is C23H32O7. The summed E-state index contributed by atoms with van der Waals surface area (Å²) in [6.45, 7) is 8.45. The van der Waals surface area contributed by atoms with Gasteiger partial charge >= 0.3 is 5.97 Å². The summed E-state index contributed by atoms with van der Waals surface area (Å²) in [5.74, 6) is -0.263. The van der Waals surface area contributed by atoms with Crippen molar-refractivity contribution in [2.45, 2.75) is 108 Å².